The first-order valence-corrected chi connectivity index (χ1v) is 11.4. The van der Waals surface area contributed by atoms with E-state index < -0.39 is 8.07 Å². The maximum Gasteiger partial charge on any atom is 0.179 e. The van der Waals surface area contributed by atoms with Crippen LogP contribution in [0.5, 0.6) is 0 Å². The van der Waals surface area contributed by atoms with Crippen molar-refractivity contribution in [3.8, 4) is 0 Å². The minimum Gasteiger partial charge on any atom is -0.0967 e. The highest BCUT2D eigenvalue weighted by Crippen LogP contribution is 2.08. The molecule has 0 heterocycles. The normalized spacial score (nSPS) is 11.3. The highest BCUT2D eigenvalue weighted by Gasteiger charge is 2.41. The van der Waals surface area contributed by atoms with Gasteiger partial charge in [0, 0.05) is 0 Å². The van der Waals surface area contributed by atoms with Crippen LogP contribution in [0.25, 0.3) is 0 Å². The van der Waals surface area contributed by atoms with Crippen LogP contribution in [0.3, 0.4) is 0 Å². The van der Waals surface area contributed by atoms with Gasteiger partial charge in [-0.25, -0.2) is 0 Å². The second kappa shape index (κ2) is 8.00. The van der Waals surface area contributed by atoms with Crippen LogP contribution in [0.15, 0.2) is 97.1 Å². The molecule has 5 heteroatoms. The van der Waals surface area contributed by atoms with E-state index in [0.717, 1.165) is 21.9 Å². The lowest BCUT2D eigenvalue weighted by molar-refractivity contribution is 1.70. The lowest BCUT2D eigenvalue weighted by Crippen LogP contribution is -2.75. The maximum absolute atomic E-state index is 6.01. The Bertz CT molecular complexity index is 916. The van der Waals surface area contributed by atoms with Crippen LogP contribution in [0, 0.1) is 0 Å². The number of benzene rings is 4. The summed E-state index contributed by atoms with van der Waals surface area (Å²) in [5, 5.41) is 4.91. The molecule has 0 saturated heterocycles. The van der Waals surface area contributed by atoms with Crippen LogP contribution < -0.4 is 42.6 Å². The zero-order valence-electron chi connectivity index (χ0n) is 16.0. The predicted molar refractivity (Wildman–Crippen MR) is 132 cm³/mol. The van der Waals surface area contributed by atoms with Crippen molar-refractivity contribution >= 4 is 82.1 Å². The van der Waals surface area contributed by atoms with E-state index in [2.05, 4.69) is 48.5 Å². The molecule has 128 valence electrons. The summed E-state index contributed by atoms with van der Waals surface area (Å²) in [6.45, 7) is 0. The molecule has 0 amide bonds. The molecule has 0 fully saturated rings. The van der Waals surface area contributed by atoms with E-state index >= 15 is 0 Å². The molecule has 0 aromatic heterocycles. The molecule has 0 bridgehead atoms. The van der Waals surface area contributed by atoms with Gasteiger partial charge in [-0.2, -0.15) is 0 Å². The van der Waals surface area contributed by atoms with Crippen molar-refractivity contribution in [3.05, 3.63) is 97.1 Å². The van der Waals surface area contributed by atoms with Gasteiger partial charge in [0.25, 0.3) is 0 Å². The van der Waals surface area contributed by atoms with Gasteiger partial charge in [0.15, 0.2) is 8.07 Å². The van der Waals surface area contributed by atoms with E-state index in [1.54, 1.807) is 0 Å². The largest absolute Gasteiger partial charge is 0.179 e. The summed E-state index contributed by atoms with van der Waals surface area (Å²) in [4.78, 5) is 0. The summed E-state index contributed by atoms with van der Waals surface area (Å²) < 4.78 is 0. The second-order valence-electron chi connectivity index (χ2n) is 7.24. The smallest absolute Gasteiger partial charge is 0.0967 e. The molecule has 29 heavy (non-hydrogen) atoms. The van der Waals surface area contributed by atoms with Crippen LogP contribution in [0.4, 0.5) is 0 Å². The summed E-state index contributed by atoms with van der Waals surface area (Å²) in [6.07, 6.45) is 0. The Balaban J connectivity index is 2.11. The van der Waals surface area contributed by atoms with Gasteiger partial charge >= 0.3 is 0 Å². The molecule has 0 aliphatic carbocycles. The summed E-state index contributed by atoms with van der Waals surface area (Å²) >= 11 is 0. The van der Waals surface area contributed by atoms with Crippen molar-refractivity contribution in [1.29, 1.82) is 0 Å². The zero-order valence-corrected chi connectivity index (χ0v) is 17.0. The minimum atomic E-state index is -2.61. The first-order valence-electron chi connectivity index (χ1n) is 9.44. The Kier molecular flexibility index (Phi) is 5.43. The van der Waals surface area contributed by atoms with Crippen molar-refractivity contribution in [2.24, 2.45) is 0 Å². The molecule has 0 saturated carbocycles. The fourth-order valence-corrected chi connectivity index (χ4v) is 8.60. The van der Waals surface area contributed by atoms with Gasteiger partial charge < -0.3 is 0 Å². The van der Waals surface area contributed by atoms with E-state index in [4.69, 9.17) is 31.4 Å². The zero-order chi connectivity index (χ0) is 20.4. The monoisotopic (exact) mass is 376 g/mol. The van der Waals surface area contributed by atoms with Gasteiger partial charge in [-0.15, -0.1) is 0 Å². The van der Waals surface area contributed by atoms with Crippen LogP contribution >= 0.6 is 0 Å². The molecule has 0 atom stereocenters. The maximum atomic E-state index is 6.01. The van der Waals surface area contributed by atoms with Crippen molar-refractivity contribution in [2.75, 3.05) is 0 Å². The number of hydrogen-bond donors (Lipinski definition) is 0. The van der Waals surface area contributed by atoms with Gasteiger partial charge in [-0.3, -0.25) is 0 Å². The summed E-state index contributed by atoms with van der Waals surface area (Å²) in [5.41, 5.74) is 2.96. The second-order valence-corrected chi connectivity index (χ2v) is 11.0. The van der Waals surface area contributed by atoms with E-state index in [9.17, 15) is 0 Å². The SMILES string of the molecule is [B]c1ccc([Si](c2ccc([B])cc2)(c2ccc([B])cc2)c2ccc([B])cc2)cc1. The van der Waals surface area contributed by atoms with E-state index in [1.165, 1.54) is 20.7 Å². The molecule has 4 aromatic rings. The Morgan fingerprint density at radius 3 is 0.655 bits per heavy atom. The fraction of sp³-hybridized carbons (Fsp3) is 0. The first kappa shape index (κ1) is 19.7. The van der Waals surface area contributed by atoms with Crippen molar-refractivity contribution in [1.82, 2.24) is 0 Å². The van der Waals surface area contributed by atoms with Gasteiger partial charge in [0.05, 0.1) is 0 Å². The molecular formula is C24H16B4Si. The summed E-state index contributed by atoms with van der Waals surface area (Å²) in [7, 11) is 21.4. The predicted octanol–water partition coefficient (Wildman–Crippen LogP) is -1.76. The molecule has 0 aliphatic heterocycles. The van der Waals surface area contributed by atoms with Gasteiger partial charge in [-0.05, 0) is 20.7 Å². The highest BCUT2D eigenvalue weighted by atomic mass is 28.3. The van der Waals surface area contributed by atoms with Gasteiger partial charge in [0.1, 0.15) is 31.4 Å². The first-order chi connectivity index (χ1) is 14.0. The lowest BCUT2D eigenvalue weighted by atomic mass is 9.97. The summed E-state index contributed by atoms with van der Waals surface area (Å²) in [6, 6.07) is 32.7. The van der Waals surface area contributed by atoms with Gasteiger partial charge in [-0.1, -0.05) is 119 Å². The molecule has 0 N–H and O–H groups in total. The average molecular weight is 376 g/mol. The Morgan fingerprint density at radius 1 is 0.310 bits per heavy atom. The average Bonchev–Trinajstić information content (AvgIpc) is 2.73. The van der Waals surface area contributed by atoms with Crippen LogP contribution in [0.1, 0.15) is 0 Å². The minimum absolute atomic E-state index is 0.739. The van der Waals surface area contributed by atoms with E-state index in [0.29, 0.717) is 0 Å². The Hall–Kier alpha value is -2.64. The lowest BCUT2D eigenvalue weighted by Gasteiger charge is -2.35. The molecule has 0 unspecified atom stereocenters. The molecule has 0 spiro atoms. The van der Waals surface area contributed by atoms with Gasteiger partial charge in [0.2, 0.25) is 0 Å². The fourth-order valence-electron chi connectivity index (χ4n) is 3.93. The molecule has 0 aliphatic rings. The van der Waals surface area contributed by atoms with Crippen molar-refractivity contribution in [2.45, 2.75) is 0 Å². The molecule has 4 rings (SSSR count). The molecule has 0 nitrogen and oxygen atoms in total. The Labute approximate surface area is 179 Å². The standard InChI is InChI=1S/C24H16B4Si/c25-17-1-9-21(10-2-17)29(22-11-3-18(26)4-12-22,23-13-5-19(27)6-14-23)24-15-7-20(28)8-16-24/h1-16H. The molecule has 4 aromatic carbocycles. The summed E-state index contributed by atoms with van der Waals surface area (Å²) in [5.74, 6) is 0. The third-order valence-corrected chi connectivity index (χ3v) is 10.2. The van der Waals surface area contributed by atoms with Crippen molar-refractivity contribution in [3.63, 3.8) is 0 Å². The Morgan fingerprint density at radius 2 is 0.483 bits per heavy atom. The highest BCUT2D eigenvalue weighted by molar-refractivity contribution is 7.20. The third-order valence-electron chi connectivity index (χ3n) is 5.37. The molecular weight excluding hydrogens is 360 g/mol. The number of hydrogen-bond acceptors (Lipinski definition) is 0. The van der Waals surface area contributed by atoms with Crippen LogP contribution in [-0.2, 0) is 0 Å². The topological polar surface area (TPSA) is 0 Å². The quantitative estimate of drug-likeness (QED) is 0.293. The van der Waals surface area contributed by atoms with E-state index in [1.807, 2.05) is 48.5 Å². The molecule has 8 radical (unpaired) electrons. The third kappa shape index (κ3) is 3.67. The van der Waals surface area contributed by atoms with Crippen molar-refractivity contribution < 1.29 is 0 Å². The van der Waals surface area contributed by atoms with E-state index in [-0.39, 0.29) is 0 Å². The van der Waals surface area contributed by atoms with Crippen LogP contribution in [0.2, 0.25) is 0 Å². The van der Waals surface area contributed by atoms with Crippen LogP contribution in [-0.4, -0.2) is 39.5 Å². The number of rotatable bonds is 4.